The quantitative estimate of drug-likeness (QED) is 0.776. The van der Waals surface area contributed by atoms with Crippen LogP contribution in [0.1, 0.15) is 15.9 Å². The SMILES string of the molecule is NC(=O)c1ccc(Cn2ccc3c(Cl)cccc32)c(Cl)c1. The van der Waals surface area contributed by atoms with E-state index in [4.69, 9.17) is 28.9 Å². The van der Waals surface area contributed by atoms with Gasteiger partial charge in [0, 0.05) is 39.3 Å². The number of hydrogen-bond donors (Lipinski definition) is 1. The van der Waals surface area contributed by atoms with Crippen LogP contribution in [0.15, 0.2) is 48.7 Å². The Morgan fingerprint density at radius 1 is 1.10 bits per heavy atom. The number of hydrogen-bond acceptors (Lipinski definition) is 1. The van der Waals surface area contributed by atoms with E-state index in [0.29, 0.717) is 17.1 Å². The minimum atomic E-state index is -0.485. The Labute approximate surface area is 131 Å². The number of aromatic nitrogens is 1. The Kier molecular flexibility index (Phi) is 3.62. The first kappa shape index (κ1) is 14.0. The molecule has 0 aliphatic heterocycles. The van der Waals surface area contributed by atoms with Crippen LogP contribution in [-0.4, -0.2) is 10.5 Å². The van der Waals surface area contributed by atoms with Crippen LogP contribution in [0.3, 0.4) is 0 Å². The van der Waals surface area contributed by atoms with Gasteiger partial charge >= 0.3 is 0 Å². The van der Waals surface area contributed by atoms with Crippen molar-refractivity contribution >= 4 is 40.0 Å². The molecular weight excluding hydrogens is 307 g/mol. The Morgan fingerprint density at radius 2 is 1.90 bits per heavy atom. The Balaban J connectivity index is 1.99. The molecule has 0 aliphatic carbocycles. The van der Waals surface area contributed by atoms with E-state index in [1.165, 1.54) is 0 Å². The van der Waals surface area contributed by atoms with Gasteiger partial charge in [0.15, 0.2) is 0 Å². The number of fused-ring (bicyclic) bond motifs is 1. The summed E-state index contributed by atoms with van der Waals surface area (Å²) in [7, 11) is 0. The summed E-state index contributed by atoms with van der Waals surface area (Å²) in [4.78, 5) is 11.1. The molecule has 3 aromatic rings. The first-order valence-electron chi connectivity index (χ1n) is 6.38. The van der Waals surface area contributed by atoms with Crippen LogP contribution >= 0.6 is 23.2 Å². The van der Waals surface area contributed by atoms with Crippen LogP contribution in [0.2, 0.25) is 10.0 Å². The van der Waals surface area contributed by atoms with E-state index in [0.717, 1.165) is 21.5 Å². The summed E-state index contributed by atoms with van der Waals surface area (Å²) in [5.41, 5.74) is 7.60. The molecule has 0 saturated heterocycles. The van der Waals surface area contributed by atoms with Crippen LogP contribution in [0.25, 0.3) is 10.9 Å². The molecule has 1 amide bonds. The van der Waals surface area contributed by atoms with Crippen molar-refractivity contribution in [3.63, 3.8) is 0 Å². The molecule has 0 unspecified atom stereocenters. The second kappa shape index (κ2) is 5.43. The highest BCUT2D eigenvalue weighted by Crippen LogP contribution is 2.26. The van der Waals surface area contributed by atoms with Gasteiger partial charge in [0.25, 0.3) is 0 Å². The lowest BCUT2D eigenvalue weighted by Gasteiger charge is -2.09. The second-order valence-electron chi connectivity index (χ2n) is 4.79. The molecule has 0 aliphatic rings. The third-order valence-electron chi connectivity index (χ3n) is 3.44. The van der Waals surface area contributed by atoms with Gasteiger partial charge < -0.3 is 10.3 Å². The maximum Gasteiger partial charge on any atom is 0.248 e. The van der Waals surface area contributed by atoms with Crippen molar-refractivity contribution in [2.45, 2.75) is 6.54 Å². The zero-order valence-electron chi connectivity index (χ0n) is 11.0. The first-order valence-corrected chi connectivity index (χ1v) is 7.13. The predicted octanol–water partition coefficient (Wildman–Crippen LogP) is 4.10. The lowest BCUT2D eigenvalue weighted by Crippen LogP contribution is -2.11. The molecule has 3 rings (SSSR count). The van der Waals surface area contributed by atoms with Gasteiger partial charge in [-0.1, -0.05) is 35.3 Å². The highest BCUT2D eigenvalue weighted by molar-refractivity contribution is 6.35. The lowest BCUT2D eigenvalue weighted by atomic mass is 10.1. The van der Waals surface area contributed by atoms with E-state index in [-0.39, 0.29) is 0 Å². The first-order chi connectivity index (χ1) is 10.1. The summed E-state index contributed by atoms with van der Waals surface area (Å²) in [5.74, 6) is -0.485. The van der Waals surface area contributed by atoms with Gasteiger partial charge in [0.2, 0.25) is 5.91 Å². The number of carbonyl (C=O) groups is 1. The summed E-state index contributed by atoms with van der Waals surface area (Å²) < 4.78 is 2.06. The van der Waals surface area contributed by atoms with Gasteiger partial charge in [-0.25, -0.2) is 0 Å². The fraction of sp³-hybridized carbons (Fsp3) is 0.0625. The normalized spacial score (nSPS) is 11.0. The number of carbonyl (C=O) groups excluding carboxylic acids is 1. The molecule has 1 aromatic heterocycles. The monoisotopic (exact) mass is 318 g/mol. The molecule has 0 spiro atoms. The fourth-order valence-electron chi connectivity index (χ4n) is 2.34. The van der Waals surface area contributed by atoms with E-state index < -0.39 is 5.91 Å². The van der Waals surface area contributed by atoms with Crippen LogP contribution in [-0.2, 0) is 6.54 Å². The van der Waals surface area contributed by atoms with Crippen molar-refractivity contribution in [2.24, 2.45) is 5.73 Å². The molecule has 3 nitrogen and oxygen atoms in total. The zero-order valence-corrected chi connectivity index (χ0v) is 12.5. The van der Waals surface area contributed by atoms with Crippen LogP contribution < -0.4 is 5.73 Å². The van der Waals surface area contributed by atoms with Gasteiger partial charge in [-0.2, -0.15) is 0 Å². The second-order valence-corrected chi connectivity index (χ2v) is 5.60. The molecule has 106 valence electrons. The molecule has 0 bridgehead atoms. The number of amides is 1. The van der Waals surface area contributed by atoms with Gasteiger partial charge in [-0.3, -0.25) is 4.79 Å². The molecule has 0 atom stereocenters. The molecule has 0 fully saturated rings. The summed E-state index contributed by atoms with van der Waals surface area (Å²) in [5, 5.41) is 2.25. The molecule has 2 N–H and O–H groups in total. The number of nitrogens with two attached hydrogens (primary N) is 1. The van der Waals surface area contributed by atoms with Crippen LogP contribution in [0, 0.1) is 0 Å². The minimum Gasteiger partial charge on any atom is -0.366 e. The standard InChI is InChI=1S/C16H12Cl2N2O/c17-13-2-1-3-15-12(13)6-7-20(15)9-11-5-4-10(16(19)21)8-14(11)18/h1-8H,9H2,(H2,19,21). The number of nitrogens with zero attached hydrogens (tertiary/aromatic N) is 1. The van der Waals surface area contributed by atoms with E-state index in [9.17, 15) is 4.79 Å². The highest BCUT2D eigenvalue weighted by Gasteiger charge is 2.09. The molecule has 2 aromatic carbocycles. The van der Waals surface area contributed by atoms with Crippen molar-refractivity contribution < 1.29 is 4.79 Å². The van der Waals surface area contributed by atoms with Crippen molar-refractivity contribution in [3.05, 3.63) is 69.8 Å². The fourth-order valence-corrected chi connectivity index (χ4v) is 2.81. The van der Waals surface area contributed by atoms with Crippen molar-refractivity contribution in [2.75, 3.05) is 0 Å². The Hall–Kier alpha value is -1.97. The van der Waals surface area contributed by atoms with Crippen LogP contribution in [0.4, 0.5) is 0 Å². The van der Waals surface area contributed by atoms with Crippen LogP contribution in [0.5, 0.6) is 0 Å². The smallest absolute Gasteiger partial charge is 0.248 e. The Bertz CT molecular complexity index is 839. The number of rotatable bonds is 3. The van der Waals surface area contributed by atoms with Crippen molar-refractivity contribution in [1.82, 2.24) is 4.57 Å². The summed E-state index contributed by atoms with van der Waals surface area (Å²) >= 11 is 12.4. The maximum absolute atomic E-state index is 11.1. The Morgan fingerprint density at radius 3 is 2.62 bits per heavy atom. The van der Waals surface area contributed by atoms with E-state index in [2.05, 4.69) is 4.57 Å². The molecule has 1 heterocycles. The van der Waals surface area contributed by atoms with Gasteiger partial charge in [0.1, 0.15) is 0 Å². The van der Waals surface area contributed by atoms with E-state index in [1.807, 2.05) is 36.5 Å². The van der Waals surface area contributed by atoms with Gasteiger partial charge in [-0.15, -0.1) is 0 Å². The predicted molar refractivity (Wildman–Crippen MR) is 86.0 cm³/mol. The topological polar surface area (TPSA) is 48.0 Å². The van der Waals surface area contributed by atoms with Crippen molar-refractivity contribution in [1.29, 1.82) is 0 Å². The van der Waals surface area contributed by atoms with Gasteiger partial charge in [-0.05, 0) is 35.9 Å². The number of halogens is 2. The molecule has 0 radical (unpaired) electrons. The minimum absolute atomic E-state index is 0.407. The third-order valence-corrected chi connectivity index (χ3v) is 4.12. The van der Waals surface area contributed by atoms with E-state index in [1.54, 1.807) is 12.1 Å². The van der Waals surface area contributed by atoms with Gasteiger partial charge in [0.05, 0.1) is 0 Å². The molecule has 0 saturated carbocycles. The number of primary amides is 1. The zero-order chi connectivity index (χ0) is 15.0. The molecule has 21 heavy (non-hydrogen) atoms. The summed E-state index contributed by atoms with van der Waals surface area (Å²) in [6.45, 7) is 0.599. The van der Waals surface area contributed by atoms with Crippen molar-refractivity contribution in [3.8, 4) is 0 Å². The largest absolute Gasteiger partial charge is 0.366 e. The van der Waals surface area contributed by atoms with E-state index >= 15 is 0 Å². The summed E-state index contributed by atoms with van der Waals surface area (Å²) in [6.07, 6.45) is 1.97. The lowest BCUT2D eigenvalue weighted by molar-refractivity contribution is 0.100. The number of benzene rings is 2. The average molecular weight is 319 g/mol. The molecular formula is C16H12Cl2N2O. The third kappa shape index (κ3) is 2.62. The summed E-state index contributed by atoms with van der Waals surface area (Å²) in [6, 6.07) is 12.9. The highest BCUT2D eigenvalue weighted by atomic mass is 35.5. The average Bonchev–Trinajstić information content (AvgIpc) is 2.85. The maximum atomic E-state index is 11.1. The molecule has 5 heteroatoms.